The normalized spacial score (nSPS) is 18.1. The standard InChI is InChI=1S/C18H25BrN2O4/c1-12-11-20(8-9-21(12)17(23)25-18(2,3)4)16(22)13-6-7-14(19)15(10-13)24-5/h6-7,10,12H,8-9,11H2,1-5H3/t12-/m0/s1. The van der Waals surface area contributed by atoms with Gasteiger partial charge in [-0.25, -0.2) is 4.79 Å². The lowest BCUT2D eigenvalue weighted by molar-refractivity contribution is 0.00198. The van der Waals surface area contributed by atoms with Gasteiger partial charge in [0.2, 0.25) is 0 Å². The number of nitrogens with zero attached hydrogens (tertiary/aromatic N) is 2. The van der Waals surface area contributed by atoms with Crippen molar-refractivity contribution in [1.82, 2.24) is 9.80 Å². The fourth-order valence-electron chi connectivity index (χ4n) is 2.71. The van der Waals surface area contributed by atoms with Crippen LogP contribution in [-0.4, -0.2) is 60.2 Å². The van der Waals surface area contributed by atoms with E-state index < -0.39 is 5.60 Å². The molecule has 0 spiro atoms. The highest BCUT2D eigenvalue weighted by atomic mass is 79.9. The number of amides is 2. The third-order valence-electron chi connectivity index (χ3n) is 3.94. The van der Waals surface area contributed by atoms with Crippen molar-refractivity contribution in [2.45, 2.75) is 39.3 Å². The van der Waals surface area contributed by atoms with Gasteiger partial charge in [-0.2, -0.15) is 0 Å². The summed E-state index contributed by atoms with van der Waals surface area (Å²) in [5, 5.41) is 0. The Bertz CT molecular complexity index is 657. The number of benzene rings is 1. The fourth-order valence-corrected chi connectivity index (χ4v) is 3.12. The number of carbonyl (C=O) groups excluding carboxylic acids is 2. The third kappa shape index (κ3) is 4.87. The molecule has 0 bridgehead atoms. The largest absolute Gasteiger partial charge is 0.496 e. The van der Waals surface area contributed by atoms with E-state index in [4.69, 9.17) is 9.47 Å². The second kappa shape index (κ2) is 7.64. The van der Waals surface area contributed by atoms with E-state index in [1.807, 2.05) is 27.7 Å². The van der Waals surface area contributed by atoms with Crippen molar-refractivity contribution in [3.8, 4) is 5.75 Å². The maximum absolute atomic E-state index is 12.8. The van der Waals surface area contributed by atoms with Gasteiger partial charge in [0.15, 0.2) is 0 Å². The van der Waals surface area contributed by atoms with Gasteiger partial charge in [0, 0.05) is 31.2 Å². The zero-order valence-corrected chi connectivity index (χ0v) is 16.9. The topological polar surface area (TPSA) is 59.1 Å². The molecule has 0 saturated carbocycles. The van der Waals surface area contributed by atoms with Crippen molar-refractivity contribution in [3.63, 3.8) is 0 Å². The monoisotopic (exact) mass is 412 g/mol. The van der Waals surface area contributed by atoms with E-state index in [0.29, 0.717) is 30.9 Å². The van der Waals surface area contributed by atoms with E-state index in [0.717, 1.165) is 4.47 Å². The first-order valence-electron chi connectivity index (χ1n) is 8.25. The van der Waals surface area contributed by atoms with Crippen molar-refractivity contribution < 1.29 is 19.1 Å². The summed E-state index contributed by atoms with van der Waals surface area (Å²) >= 11 is 3.38. The number of halogens is 1. The van der Waals surface area contributed by atoms with Crippen LogP contribution in [0.5, 0.6) is 5.75 Å². The Kier molecular flexibility index (Phi) is 5.98. The van der Waals surface area contributed by atoms with Crippen molar-refractivity contribution in [2.75, 3.05) is 26.7 Å². The molecule has 0 radical (unpaired) electrons. The third-order valence-corrected chi connectivity index (χ3v) is 4.60. The van der Waals surface area contributed by atoms with E-state index in [-0.39, 0.29) is 18.0 Å². The molecule has 1 fully saturated rings. The molecule has 0 N–H and O–H groups in total. The molecule has 2 amide bonds. The zero-order chi connectivity index (χ0) is 18.8. The van der Waals surface area contributed by atoms with Crippen LogP contribution in [0, 0.1) is 0 Å². The van der Waals surface area contributed by atoms with Crippen LogP contribution < -0.4 is 4.74 Å². The molecule has 0 unspecified atom stereocenters. The maximum Gasteiger partial charge on any atom is 0.410 e. The summed E-state index contributed by atoms with van der Waals surface area (Å²) in [5.41, 5.74) is 0.0375. The Hall–Kier alpha value is -1.76. The zero-order valence-electron chi connectivity index (χ0n) is 15.3. The summed E-state index contributed by atoms with van der Waals surface area (Å²) in [6, 6.07) is 5.17. The number of piperazine rings is 1. The Morgan fingerprint density at radius 3 is 2.48 bits per heavy atom. The van der Waals surface area contributed by atoms with Gasteiger partial charge in [-0.1, -0.05) is 0 Å². The van der Waals surface area contributed by atoms with Crippen LogP contribution >= 0.6 is 15.9 Å². The molecule has 0 aliphatic carbocycles. The molecule has 6 nitrogen and oxygen atoms in total. The predicted octanol–water partition coefficient (Wildman–Crippen LogP) is 3.54. The molecule has 25 heavy (non-hydrogen) atoms. The Labute approximate surface area is 157 Å². The molecule has 1 aliphatic rings. The molecule has 1 saturated heterocycles. The van der Waals surface area contributed by atoms with Crippen LogP contribution in [0.3, 0.4) is 0 Å². The van der Waals surface area contributed by atoms with Crippen LogP contribution in [0.25, 0.3) is 0 Å². The Morgan fingerprint density at radius 2 is 1.92 bits per heavy atom. The summed E-state index contributed by atoms with van der Waals surface area (Å²) < 4.78 is 11.5. The second-order valence-corrected chi connectivity index (χ2v) is 7.98. The highest BCUT2D eigenvalue weighted by Crippen LogP contribution is 2.26. The molecule has 2 rings (SSSR count). The van der Waals surface area contributed by atoms with E-state index in [1.165, 1.54) is 0 Å². The van der Waals surface area contributed by atoms with Crippen molar-refractivity contribution in [1.29, 1.82) is 0 Å². The van der Waals surface area contributed by atoms with Crippen LogP contribution in [0.15, 0.2) is 22.7 Å². The average molecular weight is 413 g/mol. The molecule has 7 heteroatoms. The summed E-state index contributed by atoms with van der Waals surface area (Å²) in [6.45, 7) is 8.85. The second-order valence-electron chi connectivity index (χ2n) is 7.12. The van der Waals surface area contributed by atoms with Gasteiger partial charge in [-0.3, -0.25) is 4.79 Å². The molecular weight excluding hydrogens is 388 g/mol. The van der Waals surface area contributed by atoms with Gasteiger partial charge < -0.3 is 19.3 Å². The van der Waals surface area contributed by atoms with E-state index in [1.54, 1.807) is 35.1 Å². The van der Waals surface area contributed by atoms with E-state index in [9.17, 15) is 9.59 Å². The molecule has 0 aromatic heterocycles. The van der Waals surface area contributed by atoms with Crippen molar-refractivity contribution >= 4 is 27.9 Å². The number of ether oxygens (including phenoxy) is 2. The maximum atomic E-state index is 12.8. The summed E-state index contributed by atoms with van der Waals surface area (Å²) in [7, 11) is 1.57. The number of methoxy groups -OCH3 is 1. The van der Waals surface area contributed by atoms with Crippen molar-refractivity contribution in [3.05, 3.63) is 28.2 Å². The van der Waals surface area contributed by atoms with Gasteiger partial charge >= 0.3 is 6.09 Å². The molecule has 1 atom stereocenters. The minimum atomic E-state index is -0.530. The van der Waals surface area contributed by atoms with Crippen LogP contribution in [-0.2, 0) is 4.74 Å². The van der Waals surface area contributed by atoms with Crippen LogP contribution in [0.4, 0.5) is 4.79 Å². The van der Waals surface area contributed by atoms with Gasteiger partial charge in [0.1, 0.15) is 11.4 Å². The summed E-state index contributed by atoms with van der Waals surface area (Å²) in [5.74, 6) is 0.549. The lowest BCUT2D eigenvalue weighted by atomic mass is 10.1. The smallest absolute Gasteiger partial charge is 0.410 e. The lowest BCUT2D eigenvalue weighted by Gasteiger charge is -2.40. The number of carbonyl (C=O) groups is 2. The van der Waals surface area contributed by atoms with Crippen LogP contribution in [0.1, 0.15) is 38.1 Å². The quantitative estimate of drug-likeness (QED) is 0.744. The highest BCUT2D eigenvalue weighted by Gasteiger charge is 2.32. The highest BCUT2D eigenvalue weighted by molar-refractivity contribution is 9.10. The van der Waals surface area contributed by atoms with E-state index >= 15 is 0 Å². The SMILES string of the molecule is COc1cc(C(=O)N2CCN(C(=O)OC(C)(C)C)[C@@H](C)C2)ccc1Br. The molecule has 1 heterocycles. The summed E-state index contributed by atoms with van der Waals surface area (Å²) in [6.07, 6.45) is -0.336. The number of hydrogen-bond acceptors (Lipinski definition) is 4. The number of rotatable bonds is 2. The fraction of sp³-hybridized carbons (Fsp3) is 0.556. The molecule has 1 aromatic carbocycles. The van der Waals surface area contributed by atoms with Gasteiger partial charge in [0.25, 0.3) is 5.91 Å². The minimum absolute atomic E-state index is 0.0681. The predicted molar refractivity (Wildman–Crippen MR) is 99.0 cm³/mol. The van der Waals surface area contributed by atoms with Gasteiger partial charge in [-0.05, 0) is 61.8 Å². The first kappa shape index (κ1) is 19.6. The first-order valence-corrected chi connectivity index (χ1v) is 9.04. The van der Waals surface area contributed by atoms with Crippen molar-refractivity contribution in [2.24, 2.45) is 0 Å². The summed E-state index contributed by atoms with van der Waals surface area (Å²) in [4.78, 5) is 28.5. The Morgan fingerprint density at radius 1 is 1.24 bits per heavy atom. The van der Waals surface area contributed by atoms with Crippen LogP contribution in [0.2, 0.25) is 0 Å². The number of hydrogen-bond donors (Lipinski definition) is 0. The van der Waals surface area contributed by atoms with E-state index in [2.05, 4.69) is 15.9 Å². The molecular formula is C18H25BrN2O4. The molecule has 1 aliphatic heterocycles. The van der Waals surface area contributed by atoms with Gasteiger partial charge in [0.05, 0.1) is 11.6 Å². The lowest BCUT2D eigenvalue weighted by Crippen LogP contribution is -2.56. The minimum Gasteiger partial charge on any atom is -0.496 e. The molecule has 1 aromatic rings. The Balaban J connectivity index is 2.05. The average Bonchev–Trinajstić information content (AvgIpc) is 2.52. The first-order chi connectivity index (χ1) is 11.6. The van der Waals surface area contributed by atoms with Gasteiger partial charge in [-0.15, -0.1) is 0 Å². The molecule has 138 valence electrons.